The summed E-state index contributed by atoms with van der Waals surface area (Å²) in [6.45, 7) is 4.64. The van der Waals surface area contributed by atoms with Crippen molar-refractivity contribution < 1.29 is 0 Å². The Morgan fingerprint density at radius 3 is 2.88 bits per heavy atom. The van der Waals surface area contributed by atoms with Crippen LogP contribution in [0.1, 0.15) is 31.6 Å². The lowest BCUT2D eigenvalue weighted by Crippen LogP contribution is -2.44. The van der Waals surface area contributed by atoms with Crippen molar-refractivity contribution in [3.05, 3.63) is 41.3 Å². The number of fused-ring (bicyclic) bond motifs is 1. The van der Waals surface area contributed by atoms with Gasteiger partial charge in [0.05, 0.1) is 23.6 Å². The van der Waals surface area contributed by atoms with Gasteiger partial charge in [0.1, 0.15) is 11.3 Å². The van der Waals surface area contributed by atoms with Gasteiger partial charge in [-0.1, -0.05) is 19.9 Å². The van der Waals surface area contributed by atoms with Gasteiger partial charge in [-0.25, -0.2) is 9.97 Å². The Morgan fingerprint density at radius 1 is 1.31 bits per heavy atom. The van der Waals surface area contributed by atoms with Crippen molar-refractivity contribution >= 4 is 33.8 Å². The van der Waals surface area contributed by atoms with E-state index in [0.29, 0.717) is 17.9 Å². The number of thiazole rings is 1. The highest BCUT2D eigenvalue weighted by molar-refractivity contribution is 7.10. The molecule has 0 aliphatic heterocycles. The zero-order valence-corrected chi connectivity index (χ0v) is 16.6. The third-order valence-electron chi connectivity index (χ3n) is 5.60. The van der Waals surface area contributed by atoms with Crippen molar-refractivity contribution in [1.29, 1.82) is 0 Å². The summed E-state index contributed by atoms with van der Waals surface area (Å²) in [5.41, 5.74) is 5.44. The molecule has 136 valence electrons. The first-order valence-corrected chi connectivity index (χ1v) is 10.1. The summed E-state index contributed by atoms with van der Waals surface area (Å²) in [7, 11) is 4.21. The number of pyridine rings is 1. The molecule has 0 N–H and O–H groups in total. The Hall–Kier alpha value is -2.21. The van der Waals surface area contributed by atoms with Crippen LogP contribution in [0, 0.1) is 11.8 Å². The van der Waals surface area contributed by atoms with E-state index in [1.807, 2.05) is 31.3 Å². The maximum absolute atomic E-state index is 4.69. The molecule has 1 aliphatic rings. The van der Waals surface area contributed by atoms with Gasteiger partial charge in [0.25, 0.3) is 0 Å². The third kappa shape index (κ3) is 2.92. The monoisotopic (exact) mass is 367 g/mol. The second-order valence-electron chi connectivity index (χ2n) is 7.30. The third-order valence-corrected chi connectivity index (χ3v) is 6.45. The molecule has 3 atom stereocenters. The number of hydrogen-bond donors (Lipinski definition) is 0. The van der Waals surface area contributed by atoms with Gasteiger partial charge in [0.2, 0.25) is 0 Å². The van der Waals surface area contributed by atoms with Gasteiger partial charge < -0.3 is 9.47 Å². The lowest BCUT2D eigenvalue weighted by molar-refractivity contribution is 0.341. The zero-order valence-electron chi connectivity index (χ0n) is 15.8. The molecule has 5 nitrogen and oxygen atoms in total. The van der Waals surface area contributed by atoms with Crippen LogP contribution in [0.4, 0.5) is 5.82 Å². The number of rotatable bonds is 4. The maximum Gasteiger partial charge on any atom is 0.130 e. The fraction of sp³-hybridized carbons (Fsp3) is 0.450. The predicted molar refractivity (Wildman–Crippen MR) is 108 cm³/mol. The van der Waals surface area contributed by atoms with Crippen LogP contribution >= 0.6 is 11.3 Å². The molecule has 6 heteroatoms. The average Bonchev–Trinajstić information content (AvgIpc) is 3.30. The first kappa shape index (κ1) is 17.2. The van der Waals surface area contributed by atoms with Crippen LogP contribution in [-0.4, -0.2) is 32.6 Å². The van der Waals surface area contributed by atoms with E-state index in [-0.39, 0.29) is 0 Å². The fourth-order valence-corrected chi connectivity index (χ4v) is 4.93. The summed E-state index contributed by atoms with van der Waals surface area (Å²) in [4.78, 5) is 17.0. The SMILES string of the molecule is CC[C@H]1C=C(c2cncs2)C[C@@H](C)C1N(C)c1cc2c(cn1)ncn2C. The van der Waals surface area contributed by atoms with Crippen LogP contribution in [0.5, 0.6) is 0 Å². The van der Waals surface area contributed by atoms with Crippen molar-refractivity contribution in [2.45, 2.75) is 32.7 Å². The smallest absolute Gasteiger partial charge is 0.130 e. The number of anilines is 1. The standard InChI is InChI=1S/C20H25N5S/c1-5-14-7-15(18-10-21-12-26-18)6-13(2)20(14)25(4)19-8-17-16(9-22-19)23-11-24(17)3/h7-14,20H,5-6H2,1-4H3/t13-,14+,20?/m1/s1. The Labute approximate surface area is 158 Å². The van der Waals surface area contributed by atoms with Gasteiger partial charge in [-0.15, -0.1) is 11.3 Å². The number of aromatic nitrogens is 4. The minimum atomic E-state index is 0.440. The highest BCUT2D eigenvalue weighted by Gasteiger charge is 2.34. The fourth-order valence-electron chi connectivity index (χ4n) is 4.27. The van der Waals surface area contributed by atoms with Crippen molar-refractivity contribution in [3.63, 3.8) is 0 Å². The van der Waals surface area contributed by atoms with Gasteiger partial charge in [-0.3, -0.25) is 4.98 Å². The van der Waals surface area contributed by atoms with Gasteiger partial charge >= 0.3 is 0 Å². The number of nitrogens with zero attached hydrogens (tertiary/aromatic N) is 5. The van der Waals surface area contributed by atoms with Crippen LogP contribution in [0.25, 0.3) is 16.6 Å². The van der Waals surface area contributed by atoms with Crippen molar-refractivity contribution in [2.75, 3.05) is 11.9 Å². The van der Waals surface area contributed by atoms with Crippen LogP contribution < -0.4 is 4.90 Å². The Morgan fingerprint density at radius 2 is 2.15 bits per heavy atom. The topological polar surface area (TPSA) is 46.8 Å². The van der Waals surface area contributed by atoms with E-state index in [4.69, 9.17) is 0 Å². The lowest BCUT2D eigenvalue weighted by Gasteiger charge is -2.41. The molecule has 26 heavy (non-hydrogen) atoms. The maximum atomic E-state index is 4.69. The molecule has 0 fully saturated rings. The van der Waals surface area contributed by atoms with Gasteiger partial charge in [-0.05, 0) is 30.3 Å². The molecule has 0 amide bonds. The Bertz CT molecular complexity index is 927. The number of allylic oxidation sites excluding steroid dienone is 1. The van der Waals surface area contributed by atoms with E-state index in [0.717, 1.165) is 29.7 Å². The molecule has 1 aliphatic carbocycles. The summed E-state index contributed by atoms with van der Waals surface area (Å²) in [6.07, 6.45) is 10.4. The molecule has 3 aromatic rings. The number of aryl methyl sites for hydroxylation is 1. The Balaban J connectivity index is 1.67. The minimum absolute atomic E-state index is 0.440. The van der Waals surface area contributed by atoms with E-state index in [2.05, 4.69) is 57.5 Å². The van der Waals surface area contributed by atoms with Crippen molar-refractivity contribution in [2.24, 2.45) is 18.9 Å². The first-order valence-electron chi connectivity index (χ1n) is 9.18. The highest BCUT2D eigenvalue weighted by atomic mass is 32.1. The largest absolute Gasteiger partial charge is 0.356 e. The molecule has 0 aromatic carbocycles. The number of imidazole rings is 1. The second kappa shape index (κ2) is 6.83. The molecule has 1 unspecified atom stereocenters. The normalized spacial score (nSPS) is 23.2. The molecule has 4 rings (SSSR count). The molecule has 0 spiro atoms. The number of hydrogen-bond acceptors (Lipinski definition) is 5. The summed E-state index contributed by atoms with van der Waals surface area (Å²) < 4.78 is 2.05. The van der Waals surface area contributed by atoms with Crippen LogP contribution in [-0.2, 0) is 7.05 Å². The van der Waals surface area contributed by atoms with E-state index < -0.39 is 0 Å². The minimum Gasteiger partial charge on any atom is -0.356 e. The van der Waals surface area contributed by atoms with E-state index in [9.17, 15) is 0 Å². The van der Waals surface area contributed by atoms with Crippen LogP contribution in [0.15, 0.2) is 36.4 Å². The van der Waals surface area contributed by atoms with Crippen LogP contribution in [0.2, 0.25) is 0 Å². The van der Waals surface area contributed by atoms with Gasteiger partial charge in [0, 0.05) is 37.3 Å². The highest BCUT2D eigenvalue weighted by Crippen LogP contribution is 2.39. The molecule has 0 saturated heterocycles. The molecular formula is C20H25N5S. The lowest BCUT2D eigenvalue weighted by atomic mass is 9.76. The van der Waals surface area contributed by atoms with Crippen molar-refractivity contribution in [3.8, 4) is 0 Å². The second-order valence-corrected chi connectivity index (χ2v) is 8.19. The molecule has 3 aromatic heterocycles. The van der Waals surface area contributed by atoms with Crippen LogP contribution in [0.3, 0.4) is 0 Å². The Kier molecular flexibility index (Phi) is 4.53. The summed E-state index contributed by atoms with van der Waals surface area (Å²) in [6, 6.07) is 2.60. The van der Waals surface area contributed by atoms with Crippen molar-refractivity contribution in [1.82, 2.24) is 19.5 Å². The summed E-state index contributed by atoms with van der Waals surface area (Å²) in [5.74, 6) is 2.08. The van der Waals surface area contributed by atoms with E-state index in [1.54, 1.807) is 11.3 Å². The summed E-state index contributed by atoms with van der Waals surface area (Å²) in [5, 5.41) is 0. The summed E-state index contributed by atoms with van der Waals surface area (Å²) >= 11 is 1.74. The quantitative estimate of drug-likeness (QED) is 0.686. The van der Waals surface area contributed by atoms with E-state index >= 15 is 0 Å². The molecule has 0 bridgehead atoms. The molecule has 0 radical (unpaired) electrons. The average molecular weight is 368 g/mol. The first-order chi connectivity index (χ1) is 12.6. The molecule has 0 saturated carbocycles. The zero-order chi connectivity index (χ0) is 18.3. The molecule has 3 heterocycles. The van der Waals surface area contributed by atoms with Gasteiger partial charge in [0.15, 0.2) is 0 Å². The van der Waals surface area contributed by atoms with Gasteiger partial charge in [-0.2, -0.15) is 0 Å². The molecular weight excluding hydrogens is 342 g/mol. The van der Waals surface area contributed by atoms with E-state index in [1.165, 1.54) is 10.5 Å². The predicted octanol–water partition coefficient (Wildman–Crippen LogP) is 4.38.